The number of hydrogen-bond acceptors (Lipinski definition) is 5. The molecule has 0 saturated carbocycles. The lowest BCUT2D eigenvalue weighted by Crippen LogP contribution is -2.45. The highest BCUT2D eigenvalue weighted by atomic mass is 16.2. The molecule has 2 N–H and O–H groups in total. The number of carbonyl (C=O) groups excluding carboxylic acids is 1. The van der Waals surface area contributed by atoms with Crippen LogP contribution in [0.4, 0.5) is 5.69 Å². The van der Waals surface area contributed by atoms with Gasteiger partial charge in [0.25, 0.3) is 0 Å². The minimum Gasteiger partial charge on any atom is -0.380 e. The molecule has 23 heavy (non-hydrogen) atoms. The number of likely N-dealkylation sites (tertiary alicyclic amines) is 1. The Morgan fingerprint density at radius 1 is 1.35 bits per heavy atom. The van der Waals surface area contributed by atoms with Crippen LogP contribution >= 0.6 is 0 Å². The molecule has 118 valence electrons. The maximum atomic E-state index is 12.6. The Morgan fingerprint density at radius 3 is 2.96 bits per heavy atom. The number of amides is 1. The van der Waals surface area contributed by atoms with Gasteiger partial charge in [-0.1, -0.05) is 12.1 Å². The van der Waals surface area contributed by atoms with Gasteiger partial charge in [-0.3, -0.25) is 4.79 Å². The fourth-order valence-electron chi connectivity index (χ4n) is 3.33. The number of rotatable bonds is 3. The van der Waals surface area contributed by atoms with E-state index in [4.69, 9.17) is 10.5 Å². The summed E-state index contributed by atoms with van der Waals surface area (Å²) >= 11 is 0. The zero-order chi connectivity index (χ0) is 16.2. The molecule has 2 fully saturated rings. The van der Waals surface area contributed by atoms with Gasteiger partial charge >= 0.3 is 0 Å². The van der Waals surface area contributed by atoms with E-state index in [0.717, 1.165) is 18.5 Å². The fraction of sp³-hybridized carbons (Fsp3) is 0.471. The Kier molecular flexibility index (Phi) is 4.45. The van der Waals surface area contributed by atoms with E-state index in [1.54, 1.807) is 11.0 Å². The lowest BCUT2D eigenvalue weighted by atomic mass is 10.1. The highest BCUT2D eigenvalue weighted by Crippen LogP contribution is 2.22. The van der Waals surface area contributed by atoms with Gasteiger partial charge in [0, 0.05) is 19.1 Å². The first-order valence-corrected chi connectivity index (χ1v) is 7.92. The molecule has 2 saturated heterocycles. The number of nitrogens with one attached hydrogen (secondary N) is 2. The van der Waals surface area contributed by atoms with E-state index in [0.29, 0.717) is 25.1 Å². The monoisotopic (exact) mass is 309 g/mol. The normalized spacial score (nSPS) is 26.5. The van der Waals surface area contributed by atoms with E-state index in [1.807, 2.05) is 18.2 Å². The predicted molar refractivity (Wildman–Crippen MR) is 85.3 cm³/mol. The summed E-state index contributed by atoms with van der Waals surface area (Å²) in [7, 11) is 0. The van der Waals surface area contributed by atoms with E-state index >= 15 is 0 Å². The Morgan fingerprint density at radius 2 is 2.17 bits per heavy atom. The minimum absolute atomic E-state index is 0.0203. The summed E-state index contributed by atoms with van der Waals surface area (Å²) in [4.78, 5) is 14.3. The van der Waals surface area contributed by atoms with Gasteiger partial charge < -0.3 is 15.5 Å². The van der Waals surface area contributed by atoms with Crippen LogP contribution in [0.3, 0.4) is 0 Å². The van der Waals surface area contributed by atoms with Crippen LogP contribution in [0.5, 0.6) is 0 Å². The molecule has 1 amide bonds. The number of nitrogens with zero attached hydrogens (tertiary/aromatic N) is 3. The second kappa shape index (κ2) is 6.68. The van der Waals surface area contributed by atoms with Crippen molar-refractivity contribution in [3.63, 3.8) is 0 Å². The van der Waals surface area contributed by atoms with E-state index < -0.39 is 0 Å². The standard InChI is InChI=1S/C17H19N5O/c18-9-12-4-1-2-6-15(12)21-13-8-16(20-11-13)17(23)22-7-3-5-14(22)10-19/h1-2,4,6,13-14,16,20-21H,3,5,7-8,11H2/t13-,14-,16-/m0/s1. The number of para-hydroxylation sites is 1. The summed E-state index contributed by atoms with van der Waals surface area (Å²) < 4.78 is 0. The third kappa shape index (κ3) is 3.13. The highest BCUT2D eigenvalue weighted by Gasteiger charge is 2.37. The van der Waals surface area contributed by atoms with Crippen molar-refractivity contribution in [1.82, 2.24) is 10.2 Å². The lowest BCUT2D eigenvalue weighted by Gasteiger charge is -2.23. The van der Waals surface area contributed by atoms with Gasteiger partial charge in [-0.25, -0.2) is 0 Å². The van der Waals surface area contributed by atoms with E-state index in [-0.39, 0.29) is 24.0 Å². The topological polar surface area (TPSA) is 91.9 Å². The lowest BCUT2D eigenvalue weighted by molar-refractivity contribution is -0.133. The molecule has 1 aromatic rings. The highest BCUT2D eigenvalue weighted by molar-refractivity contribution is 5.83. The Balaban J connectivity index is 1.62. The molecular formula is C17H19N5O. The van der Waals surface area contributed by atoms with Gasteiger partial charge in [0.1, 0.15) is 12.1 Å². The zero-order valence-corrected chi connectivity index (χ0v) is 12.8. The van der Waals surface area contributed by atoms with Crippen LogP contribution < -0.4 is 10.6 Å². The first-order chi connectivity index (χ1) is 11.2. The molecule has 0 unspecified atom stereocenters. The molecule has 6 nitrogen and oxygen atoms in total. The average Bonchev–Trinajstić information content (AvgIpc) is 3.23. The van der Waals surface area contributed by atoms with E-state index in [2.05, 4.69) is 22.8 Å². The summed E-state index contributed by atoms with van der Waals surface area (Å²) in [5.74, 6) is 0.0203. The third-order valence-corrected chi connectivity index (χ3v) is 4.52. The molecule has 0 aromatic heterocycles. The van der Waals surface area contributed by atoms with Crippen LogP contribution in [-0.4, -0.2) is 42.0 Å². The number of carbonyl (C=O) groups is 1. The maximum Gasteiger partial charge on any atom is 0.240 e. The minimum atomic E-state index is -0.282. The molecule has 3 rings (SSSR count). The number of benzene rings is 1. The van der Waals surface area contributed by atoms with Crippen molar-refractivity contribution in [2.45, 2.75) is 37.4 Å². The van der Waals surface area contributed by atoms with Gasteiger partial charge in [0.2, 0.25) is 5.91 Å². The molecular weight excluding hydrogens is 290 g/mol. The molecule has 0 aliphatic carbocycles. The van der Waals surface area contributed by atoms with Crippen LogP contribution in [0, 0.1) is 22.7 Å². The maximum absolute atomic E-state index is 12.6. The smallest absolute Gasteiger partial charge is 0.240 e. The van der Waals surface area contributed by atoms with Crippen molar-refractivity contribution in [1.29, 1.82) is 10.5 Å². The Bertz CT molecular complexity index is 674. The van der Waals surface area contributed by atoms with Crippen molar-refractivity contribution in [2.24, 2.45) is 0 Å². The largest absolute Gasteiger partial charge is 0.380 e. The SMILES string of the molecule is N#Cc1ccccc1N[C@@H]1CN[C@H](C(=O)N2CCC[C@H]2C#N)C1. The van der Waals surface area contributed by atoms with Crippen molar-refractivity contribution in [2.75, 3.05) is 18.4 Å². The molecule has 1 aromatic carbocycles. The second-order valence-electron chi connectivity index (χ2n) is 6.01. The third-order valence-electron chi connectivity index (χ3n) is 4.52. The molecule has 6 heteroatoms. The number of hydrogen-bond donors (Lipinski definition) is 2. The van der Waals surface area contributed by atoms with Gasteiger partial charge in [-0.05, 0) is 31.4 Å². The molecule has 2 heterocycles. The van der Waals surface area contributed by atoms with Gasteiger partial charge in [-0.2, -0.15) is 10.5 Å². The van der Waals surface area contributed by atoms with Crippen LogP contribution in [0.15, 0.2) is 24.3 Å². The second-order valence-corrected chi connectivity index (χ2v) is 6.01. The van der Waals surface area contributed by atoms with Gasteiger partial charge in [-0.15, -0.1) is 0 Å². The average molecular weight is 309 g/mol. The Hall–Kier alpha value is -2.57. The summed E-state index contributed by atoms with van der Waals surface area (Å²) in [5.41, 5.74) is 1.40. The fourth-order valence-corrected chi connectivity index (χ4v) is 3.33. The van der Waals surface area contributed by atoms with Crippen molar-refractivity contribution < 1.29 is 4.79 Å². The van der Waals surface area contributed by atoms with E-state index in [9.17, 15) is 4.79 Å². The zero-order valence-electron chi connectivity index (χ0n) is 12.8. The first-order valence-electron chi connectivity index (χ1n) is 7.92. The Labute approximate surface area is 135 Å². The summed E-state index contributed by atoms with van der Waals surface area (Å²) in [5, 5.41) is 24.8. The summed E-state index contributed by atoms with van der Waals surface area (Å²) in [6.07, 6.45) is 2.33. The van der Waals surface area contributed by atoms with Gasteiger partial charge in [0.15, 0.2) is 0 Å². The molecule has 2 aliphatic rings. The van der Waals surface area contributed by atoms with Crippen molar-refractivity contribution in [3.05, 3.63) is 29.8 Å². The first kappa shape index (κ1) is 15.3. The van der Waals surface area contributed by atoms with Crippen LogP contribution in [0.25, 0.3) is 0 Å². The predicted octanol–water partition coefficient (Wildman–Crippen LogP) is 1.22. The molecule has 2 aliphatic heterocycles. The number of nitriles is 2. The van der Waals surface area contributed by atoms with E-state index in [1.165, 1.54) is 0 Å². The van der Waals surface area contributed by atoms with Crippen LogP contribution in [-0.2, 0) is 4.79 Å². The van der Waals surface area contributed by atoms with Crippen LogP contribution in [0.2, 0.25) is 0 Å². The van der Waals surface area contributed by atoms with Gasteiger partial charge in [0.05, 0.1) is 23.4 Å². The number of anilines is 1. The molecule has 3 atom stereocenters. The van der Waals surface area contributed by atoms with Crippen LogP contribution in [0.1, 0.15) is 24.8 Å². The quantitative estimate of drug-likeness (QED) is 0.876. The molecule has 0 bridgehead atoms. The summed E-state index contributed by atoms with van der Waals surface area (Å²) in [6.45, 7) is 1.34. The summed E-state index contributed by atoms with van der Waals surface area (Å²) in [6, 6.07) is 11.3. The molecule has 0 radical (unpaired) electrons. The van der Waals surface area contributed by atoms with Crippen molar-refractivity contribution >= 4 is 11.6 Å². The molecule has 0 spiro atoms. The van der Waals surface area contributed by atoms with Crippen molar-refractivity contribution in [3.8, 4) is 12.1 Å².